The molecule has 3 nitrogen and oxygen atoms in total. The number of hydrogen-bond donors (Lipinski definition) is 1. The summed E-state index contributed by atoms with van der Waals surface area (Å²) in [7, 11) is 0. The maximum atomic E-state index is 13.4. The van der Waals surface area contributed by atoms with E-state index in [-0.39, 0.29) is 12.3 Å². The van der Waals surface area contributed by atoms with Gasteiger partial charge in [0.25, 0.3) is 5.91 Å². The van der Waals surface area contributed by atoms with Crippen molar-refractivity contribution in [3.8, 4) is 5.75 Å². The van der Waals surface area contributed by atoms with Crippen molar-refractivity contribution in [2.75, 3.05) is 11.9 Å². The second-order valence-electron chi connectivity index (χ2n) is 4.69. The molecule has 1 amide bonds. The first-order chi connectivity index (χ1) is 9.97. The Balaban J connectivity index is 1.97. The average molecular weight is 308 g/mol. The number of nitrogens with one attached hydrogen (secondary N) is 1. The fourth-order valence-electron chi connectivity index (χ4n) is 1.89. The zero-order valence-electron chi connectivity index (χ0n) is 11.7. The number of carbonyl (C=O) groups is 1. The highest BCUT2D eigenvalue weighted by Gasteiger charge is 2.08. The molecule has 0 radical (unpaired) electrons. The Labute approximate surface area is 127 Å². The van der Waals surface area contributed by atoms with Crippen LogP contribution in [0.25, 0.3) is 0 Å². The molecule has 0 aromatic heterocycles. The lowest BCUT2D eigenvalue weighted by atomic mass is 10.1. The largest absolute Gasteiger partial charge is 0.484 e. The van der Waals surface area contributed by atoms with Crippen molar-refractivity contribution in [3.05, 3.63) is 58.4 Å². The number of carbonyl (C=O) groups excluding carboxylic acids is 1. The Bertz CT molecular complexity index is 650. The van der Waals surface area contributed by atoms with E-state index in [1.807, 2.05) is 13.8 Å². The third kappa shape index (κ3) is 3.95. The number of halogens is 2. The molecule has 0 fully saturated rings. The average Bonchev–Trinajstić information content (AvgIpc) is 2.45. The SMILES string of the molecule is Cc1cc(OCC(=O)Nc2ccccc2F)cc(C)c1Cl. The first-order valence-electron chi connectivity index (χ1n) is 6.41. The molecule has 5 heteroatoms. The number of para-hydroxylation sites is 1. The predicted octanol–water partition coefficient (Wildman–Crippen LogP) is 4.11. The van der Waals surface area contributed by atoms with E-state index < -0.39 is 11.7 Å². The van der Waals surface area contributed by atoms with Crippen LogP contribution in [-0.2, 0) is 4.79 Å². The predicted molar refractivity (Wildman–Crippen MR) is 81.5 cm³/mol. The molecule has 0 saturated carbocycles. The highest BCUT2D eigenvalue weighted by Crippen LogP contribution is 2.25. The summed E-state index contributed by atoms with van der Waals surface area (Å²) in [6, 6.07) is 9.48. The molecular weight excluding hydrogens is 293 g/mol. The molecule has 21 heavy (non-hydrogen) atoms. The van der Waals surface area contributed by atoms with Gasteiger partial charge in [0.15, 0.2) is 6.61 Å². The number of amides is 1. The summed E-state index contributed by atoms with van der Waals surface area (Å²) in [5, 5.41) is 3.13. The normalized spacial score (nSPS) is 10.3. The van der Waals surface area contributed by atoms with Gasteiger partial charge in [0.1, 0.15) is 11.6 Å². The molecule has 0 saturated heterocycles. The van der Waals surface area contributed by atoms with Gasteiger partial charge in [-0.2, -0.15) is 0 Å². The zero-order chi connectivity index (χ0) is 15.4. The van der Waals surface area contributed by atoms with Crippen molar-refractivity contribution in [3.63, 3.8) is 0 Å². The molecule has 2 rings (SSSR count). The van der Waals surface area contributed by atoms with Crippen LogP contribution in [0.1, 0.15) is 11.1 Å². The van der Waals surface area contributed by atoms with Gasteiger partial charge in [0.05, 0.1) is 5.69 Å². The first-order valence-corrected chi connectivity index (χ1v) is 6.79. The molecular formula is C16H15ClFNO2. The Kier molecular flexibility index (Phi) is 4.81. The van der Waals surface area contributed by atoms with Crippen LogP contribution in [0.15, 0.2) is 36.4 Å². The lowest BCUT2D eigenvalue weighted by Gasteiger charge is -2.10. The lowest BCUT2D eigenvalue weighted by molar-refractivity contribution is -0.118. The van der Waals surface area contributed by atoms with E-state index in [2.05, 4.69) is 5.32 Å². The molecule has 0 bridgehead atoms. The summed E-state index contributed by atoms with van der Waals surface area (Å²) in [5.41, 5.74) is 1.89. The van der Waals surface area contributed by atoms with Crippen LogP contribution in [0.5, 0.6) is 5.75 Å². The Morgan fingerprint density at radius 1 is 1.24 bits per heavy atom. The quantitative estimate of drug-likeness (QED) is 0.923. The van der Waals surface area contributed by atoms with Gasteiger partial charge in [0, 0.05) is 5.02 Å². The summed E-state index contributed by atoms with van der Waals surface area (Å²) in [4.78, 5) is 11.7. The van der Waals surface area contributed by atoms with E-state index in [1.165, 1.54) is 12.1 Å². The van der Waals surface area contributed by atoms with Gasteiger partial charge in [-0.25, -0.2) is 4.39 Å². The minimum atomic E-state index is -0.482. The number of anilines is 1. The molecule has 2 aromatic rings. The maximum absolute atomic E-state index is 13.4. The number of ether oxygens (including phenoxy) is 1. The van der Waals surface area contributed by atoms with Gasteiger partial charge in [0.2, 0.25) is 0 Å². The van der Waals surface area contributed by atoms with E-state index in [9.17, 15) is 9.18 Å². The second kappa shape index (κ2) is 6.59. The van der Waals surface area contributed by atoms with Crippen LogP contribution in [0, 0.1) is 19.7 Å². The van der Waals surface area contributed by atoms with Gasteiger partial charge < -0.3 is 10.1 Å². The van der Waals surface area contributed by atoms with E-state index in [0.717, 1.165) is 11.1 Å². The Morgan fingerprint density at radius 3 is 2.48 bits per heavy atom. The fourth-order valence-corrected chi connectivity index (χ4v) is 2.00. The van der Waals surface area contributed by atoms with E-state index in [4.69, 9.17) is 16.3 Å². The number of benzene rings is 2. The highest BCUT2D eigenvalue weighted by molar-refractivity contribution is 6.32. The number of hydrogen-bond acceptors (Lipinski definition) is 2. The highest BCUT2D eigenvalue weighted by atomic mass is 35.5. The van der Waals surface area contributed by atoms with Crippen LogP contribution in [0.4, 0.5) is 10.1 Å². The van der Waals surface area contributed by atoms with Crippen LogP contribution in [0.2, 0.25) is 5.02 Å². The molecule has 0 aliphatic heterocycles. The molecule has 0 heterocycles. The lowest BCUT2D eigenvalue weighted by Crippen LogP contribution is -2.20. The zero-order valence-corrected chi connectivity index (χ0v) is 12.5. The second-order valence-corrected chi connectivity index (χ2v) is 5.07. The summed E-state index contributed by atoms with van der Waals surface area (Å²) < 4.78 is 18.8. The number of rotatable bonds is 4. The molecule has 0 aliphatic carbocycles. The van der Waals surface area contributed by atoms with Crippen LogP contribution in [-0.4, -0.2) is 12.5 Å². The molecule has 0 unspecified atom stereocenters. The molecule has 0 atom stereocenters. The Hall–Kier alpha value is -2.07. The van der Waals surface area contributed by atoms with Crippen LogP contribution >= 0.6 is 11.6 Å². The molecule has 1 N–H and O–H groups in total. The van der Waals surface area contributed by atoms with Crippen molar-refractivity contribution in [1.82, 2.24) is 0 Å². The van der Waals surface area contributed by atoms with Gasteiger partial charge in [-0.05, 0) is 49.2 Å². The molecule has 110 valence electrons. The van der Waals surface area contributed by atoms with E-state index in [0.29, 0.717) is 10.8 Å². The van der Waals surface area contributed by atoms with Crippen molar-refractivity contribution < 1.29 is 13.9 Å². The van der Waals surface area contributed by atoms with Gasteiger partial charge in [-0.1, -0.05) is 23.7 Å². The van der Waals surface area contributed by atoms with E-state index in [1.54, 1.807) is 24.3 Å². The summed E-state index contributed by atoms with van der Waals surface area (Å²) in [5.74, 6) is -0.354. The summed E-state index contributed by atoms with van der Waals surface area (Å²) >= 11 is 6.06. The van der Waals surface area contributed by atoms with Crippen molar-refractivity contribution in [2.45, 2.75) is 13.8 Å². The molecule has 0 aliphatic rings. The minimum Gasteiger partial charge on any atom is -0.484 e. The van der Waals surface area contributed by atoms with E-state index >= 15 is 0 Å². The minimum absolute atomic E-state index is 0.134. The van der Waals surface area contributed by atoms with Crippen LogP contribution < -0.4 is 10.1 Å². The Morgan fingerprint density at radius 2 is 1.86 bits per heavy atom. The van der Waals surface area contributed by atoms with Crippen molar-refractivity contribution in [1.29, 1.82) is 0 Å². The number of aryl methyl sites for hydroxylation is 2. The molecule has 2 aromatic carbocycles. The monoisotopic (exact) mass is 307 g/mol. The van der Waals surface area contributed by atoms with Gasteiger partial charge in [-0.3, -0.25) is 4.79 Å². The fraction of sp³-hybridized carbons (Fsp3) is 0.188. The standard InChI is InChI=1S/C16H15ClFNO2/c1-10-7-12(8-11(2)16(10)17)21-9-15(20)19-14-6-4-3-5-13(14)18/h3-8H,9H2,1-2H3,(H,19,20). The molecule has 0 spiro atoms. The summed E-state index contributed by atoms with van der Waals surface area (Å²) in [6.45, 7) is 3.53. The topological polar surface area (TPSA) is 38.3 Å². The van der Waals surface area contributed by atoms with Crippen molar-refractivity contribution in [2.24, 2.45) is 0 Å². The maximum Gasteiger partial charge on any atom is 0.262 e. The summed E-state index contributed by atoms with van der Waals surface area (Å²) in [6.07, 6.45) is 0. The smallest absolute Gasteiger partial charge is 0.262 e. The van der Waals surface area contributed by atoms with Crippen LogP contribution in [0.3, 0.4) is 0 Å². The first kappa shape index (κ1) is 15.3. The third-order valence-electron chi connectivity index (χ3n) is 2.93. The van der Waals surface area contributed by atoms with Crippen molar-refractivity contribution >= 4 is 23.2 Å². The van der Waals surface area contributed by atoms with Gasteiger partial charge in [-0.15, -0.1) is 0 Å². The van der Waals surface area contributed by atoms with Gasteiger partial charge >= 0.3 is 0 Å². The third-order valence-corrected chi connectivity index (χ3v) is 3.52.